The van der Waals surface area contributed by atoms with Gasteiger partial charge in [0.05, 0.1) is 0 Å². The third-order valence-electron chi connectivity index (χ3n) is 4.33. The van der Waals surface area contributed by atoms with Crippen molar-refractivity contribution in [3.05, 3.63) is 114 Å². The molecular formula is C24H20BrN2O3P. The second-order valence-electron chi connectivity index (χ2n) is 6.64. The molecule has 4 rings (SSSR count). The van der Waals surface area contributed by atoms with Gasteiger partial charge >= 0.3 is 7.60 Å². The summed E-state index contributed by atoms with van der Waals surface area (Å²) in [5, 5.41) is 0. The molecule has 4 aromatic rings. The van der Waals surface area contributed by atoms with E-state index in [1.165, 1.54) is 0 Å². The number of pyridine rings is 1. The lowest BCUT2D eigenvalue weighted by Crippen LogP contribution is -2.23. The molecule has 0 unspecified atom stereocenters. The summed E-state index contributed by atoms with van der Waals surface area (Å²) in [5.41, 5.74) is 0.821. The summed E-state index contributed by atoms with van der Waals surface area (Å²) in [6.07, 6.45) is -0.0374. The van der Waals surface area contributed by atoms with Gasteiger partial charge in [-0.25, -0.2) is 9.55 Å². The fourth-order valence-electron chi connectivity index (χ4n) is 2.98. The molecular weight excluding hydrogens is 475 g/mol. The topological polar surface area (TPSA) is 51.7 Å². The summed E-state index contributed by atoms with van der Waals surface area (Å²) in [5.74, 6) is 1.56. The molecule has 156 valence electrons. The molecule has 3 aromatic carbocycles. The van der Waals surface area contributed by atoms with Gasteiger partial charge in [-0.15, -0.1) is 0 Å². The minimum Gasteiger partial charge on any atom is -0.415 e. The monoisotopic (exact) mass is 494 g/mol. The average molecular weight is 495 g/mol. The van der Waals surface area contributed by atoms with Crippen molar-refractivity contribution in [1.29, 1.82) is 0 Å². The van der Waals surface area contributed by atoms with Gasteiger partial charge in [0, 0.05) is 5.69 Å². The van der Waals surface area contributed by atoms with Gasteiger partial charge in [-0.2, -0.15) is 0 Å². The van der Waals surface area contributed by atoms with Gasteiger partial charge in [-0.05, 0) is 64.5 Å². The maximum absolute atomic E-state index is 14.1. The van der Waals surface area contributed by atoms with Crippen LogP contribution in [0.2, 0.25) is 0 Å². The van der Waals surface area contributed by atoms with Gasteiger partial charge in [0.15, 0.2) is 0 Å². The first-order valence-corrected chi connectivity index (χ1v) is 12.2. The van der Waals surface area contributed by atoms with Crippen molar-refractivity contribution in [3.63, 3.8) is 0 Å². The van der Waals surface area contributed by atoms with Crippen LogP contribution in [-0.4, -0.2) is 11.3 Å². The maximum atomic E-state index is 14.1. The first-order chi connectivity index (χ1) is 15.1. The van der Waals surface area contributed by atoms with Crippen LogP contribution >= 0.6 is 23.5 Å². The summed E-state index contributed by atoms with van der Waals surface area (Å²) in [6, 6.07) is 33.3. The van der Waals surface area contributed by atoms with Crippen molar-refractivity contribution in [3.8, 4) is 11.5 Å². The molecule has 0 atom stereocenters. The number of nitrogens with zero attached hydrogens (tertiary/aromatic N) is 2. The summed E-state index contributed by atoms with van der Waals surface area (Å²) < 4.78 is 26.7. The number of rotatable bonds is 8. The van der Waals surface area contributed by atoms with E-state index in [1.807, 2.05) is 89.8 Å². The highest BCUT2D eigenvalue weighted by atomic mass is 79.9. The zero-order valence-electron chi connectivity index (χ0n) is 16.5. The Labute approximate surface area is 190 Å². The molecule has 0 radical (unpaired) electrons. The number of anilines is 2. The standard InChI is InChI=1S/C24H20BrN2O3P/c25-23-17-10-18-24(26-23)27(20-11-4-1-5-12-20)19-31(28,29-21-13-6-2-7-14-21)30-22-15-8-3-9-16-22/h1-18H,19H2. The van der Waals surface area contributed by atoms with E-state index in [1.54, 1.807) is 24.3 Å². The quantitative estimate of drug-likeness (QED) is 0.190. The molecule has 0 amide bonds. The van der Waals surface area contributed by atoms with Crippen molar-refractivity contribution in [2.45, 2.75) is 0 Å². The Morgan fingerprint density at radius 3 is 1.74 bits per heavy atom. The lowest BCUT2D eigenvalue weighted by atomic mass is 10.3. The van der Waals surface area contributed by atoms with Crippen LogP contribution in [0.4, 0.5) is 11.5 Å². The number of halogens is 1. The van der Waals surface area contributed by atoms with E-state index in [-0.39, 0.29) is 6.29 Å². The third kappa shape index (κ3) is 5.75. The number of para-hydroxylation sites is 3. The van der Waals surface area contributed by atoms with Crippen molar-refractivity contribution in [1.82, 2.24) is 4.98 Å². The molecule has 0 saturated heterocycles. The van der Waals surface area contributed by atoms with Gasteiger partial charge in [0.2, 0.25) is 0 Å². The lowest BCUT2D eigenvalue weighted by Gasteiger charge is -2.28. The van der Waals surface area contributed by atoms with Gasteiger partial charge in [-0.1, -0.05) is 60.7 Å². The molecule has 1 aromatic heterocycles. The minimum atomic E-state index is -3.69. The number of hydrogen-bond donors (Lipinski definition) is 0. The summed E-state index contributed by atoms with van der Waals surface area (Å²) in [7, 11) is -3.69. The van der Waals surface area contributed by atoms with Gasteiger partial charge < -0.3 is 13.9 Å². The van der Waals surface area contributed by atoms with Crippen molar-refractivity contribution in [2.75, 3.05) is 11.2 Å². The van der Waals surface area contributed by atoms with E-state index in [0.717, 1.165) is 5.69 Å². The first kappa shape index (κ1) is 21.2. The lowest BCUT2D eigenvalue weighted by molar-refractivity contribution is 0.386. The summed E-state index contributed by atoms with van der Waals surface area (Å²) in [6.45, 7) is 0. The van der Waals surface area contributed by atoms with E-state index in [2.05, 4.69) is 20.9 Å². The van der Waals surface area contributed by atoms with Crippen molar-refractivity contribution in [2.24, 2.45) is 0 Å². The Hall–Kier alpha value is -3.08. The molecule has 0 spiro atoms. The van der Waals surface area contributed by atoms with E-state index < -0.39 is 7.60 Å². The zero-order chi connectivity index (χ0) is 21.5. The van der Waals surface area contributed by atoms with Crippen LogP contribution in [0.1, 0.15) is 0 Å². The Kier molecular flexibility index (Phi) is 6.70. The predicted molar refractivity (Wildman–Crippen MR) is 127 cm³/mol. The van der Waals surface area contributed by atoms with E-state index in [0.29, 0.717) is 21.9 Å². The average Bonchev–Trinajstić information content (AvgIpc) is 2.79. The van der Waals surface area contributed by atoms with Crippen LogP contribution in [0.25, 0.3) is 0 Å². The normalized spacial score (nSPS) is 11.0. The third-order valence-corrected chi connectivity index (χ3v) is 6.38. The first-order valence-electron chi connectivity index (χ1n) is 9.65. The highest BCUT2D eigenvalue weighted by Gasteiger charge is 2.33. The fraction of sp³-hybridized carbons (Fsp3) is 0.0417. The van der Waals surface area contributed by atoms with Crippen LogP contribution in [0.5, 0.6) is 11.5 Å². The molecule has 31 heavy (non-hydrogen) atoms. The highest BCUT2D eigenvalue weighted by molar-refractivity contribution is 9.10. The summed E-state index contributed by atoms with van der Waals surface area (Å²) >= 11 is 3.42. The van der Waals surface area contributed by atoms with E-state index in [4.69, 9.17) is 9.05 Å². The number of hydrogen-bond acceptors (Lipinski definition) is 5. The minimum absolute atomic E-state index is 0.0374. The van der Waals surface area contributed by atoms with Crippen molar-refractivity contribution >= 4 is 35.0 Å². The Bertz CT molecular complexity index is 1120. The van der Waals surface area contributed by atoms with Crippen LogP contribution in [0, 0.1) is 0 Å². The summed E-state index contributed by atoms with van der Waals surface area (Å²) in [4.78, 5) is 6.39. The molecule has 0 aliphatic carbocycles. The molecule has 0 saturated carbocycles. The van der Waals surface area contributed by atoms with Crippen LogP contribution in [-0.2, 0) is 4.57 Å². The van der Waals surface area contributed by atoms with Crippen LogP contribution < -0.4 is 13.9 Å². The van der Waals surface area contributed by atoms with E-state index in [9.17, 15) is 4.57 Å². The Morgan fingerprint density at radius 2 is 1.23 bits per heavy atom. The molecule has 0 fully saturated rings. The predicted octanol–water partition coefficient (Wildman–Crippen LogP) is 7.29. The second-order valence-corrected chi connectivity index (χ2v) is 9.33. The second kappa shape index (κ2) is 9.82. The highest BCUT2D eigenvalue weighted by Crippen LogP contribution is 2.50. The van der Waals surface area contributed by atoms with Gasteiger partial charge in [0.1, 0.15) is 28.2 Å². The molecule has 0 N–H and O–H groups in total. The fourth-order valence-corrected chi connectivity index (χ4v) is 5.00. The van der Waals surface area contributed by atoms with E-state index >= 15 is 0 Å². The number of benzene rings is 3. The van der Waals surface area contributed by atoms with Gasteiger partial charge in [0.25, 0.3) is 0 Å². The maximum Gasteiger partial charge on any atom is 0.450 e. The SMILES string of the molecule is O=P(CN(c1ccccc1)c1cccc(Br)n1)(Oc1ccccc1)Oc1ccccc1. The van der Waals surface area contributed by atoms with Crippen LogP contribution in [0.3, 0.4) is 0 Å². The van der Waals surface area contributed by atoms with Crippen molar-refractivity contribution < 1.29 is 13.6 Å². The smallest absolute Gasteiger partial charge is 0.415 e. The van der Waals surface area contributed by atoms with Crippen LogP contribution in [0.15, 0.2) is 114 Å². The largest absolute Gasteiger partial charge is 0.450 e. The molecule has 5 nitrogen and oxygen atoms in total. The Morgan fingerprint density at radius 1 is 0.710 bits per heavy atom. The molecule has 0 aliphatic rings. The zero-order valence-corrected chi connectivity index (χ0v) is 19.0. The Balaban J connectivity index is 1.73. The number of aromatic nitrogens is 1. The molecule has 0 aliphatic heterocycles. The molecule has 0 bridgehead atoms. The van der Waals surface area contributed by atoms with Gasteiger partial charge in [-0.3, -0.25) is 0 Å². The molecule has 1 heterocycles. The molecule has 7 heteroatoms.